The van der Waals surface area contributed by atoms with E-state index in [-0.39, 0.29) is 12.4 Å². The highest BCUT2D eigenvalue weighted by molar-refractivity contribution is 5.79. The number of aryl methyl sites for hydroxylation is 1. The van der Waals surface area contributed by atoms with Crippen LogP contribution in [-0.2, 0) is 29.2 Å². The predicted molar refractivity (Wildman–Crippen MR) is 120 cm³/mol. The highest BCUT2D eigenvalue weighted by Gasteiger charge is 2.17. The summed E-state index contributed by atoms with van der Waals surface area (Å²) >= 11 is 0. The van der Waals surface area contributed by atoms with Crippen LogP contribution in [0.1, 0.15) is 28.7 Å². The molecule has 1 fully saturated rings. The lowest BCUT2D eigenvalue weighted by Crippen LogP contribution is -2.36. The first-order chi connectivity index (χ1) is 15.1. The molecule has 1 aliphatic rings. The summed E-state index contributed by atoms with van der Waals surface area (Å²) in [5.74, 6) is 1.74. The van der Waals surface area contributed by atoms with E-state index in [1.165, 1.54) is 6.07 Å². The second kappa shape index (κ2) is 11.7. The van der Waals surface area contributed by atoms with Gasteiger partial charge < -0.3 is 24.8 Å². The monoisotopic (exact) mass is 429 g/mol. The Hall–Kier alpha value is -2.64. The zero-order valence-electron chi connectivity index (χ0n) is 18.5. The van der Waals surface area contributed by atoms with Gasteiger partial charge in [-0.3, -0.25) is 4.99 Å². The van der Waals surface area contributed by atoms with Crippen LogP contribution < -0.4 is 15.4 Å². The Kier molecular flexibility index (Phi) is 8.67. The smallest absolute Gasteiger partial charge is 0.191 e. The van der Waals surface area contributed by atoms with E-state index in [9.17, 15) is 4.39 Å². The van der Waals surface area contributed by atoms with Crippen molar-refractivity contribution in [1.29, 1.82) is 0 Å². The third kappa shape index (κ3) is 6.94. The van der Waals surface area contributed by atoms with Crippen molar-refractivity contribution in [2.75, 3.05) is 34.0 Å². The fourth-order valence-corrected chi connectivity index (χ4v) is 3.45. The van der Waals surface area contributed by atoms with Crippen LogP contribution in [0.2, 0.25) is 0 Å². The molecule has 1 aliphatic heterocycles. The molecule has 2 aromatic carbocycles. The van der Waals surface area contributed by atoms with Crippen LogP contribution in [0.3, 0.4) is 0 Å². The summed E-state index contributed by atoms with van der Waals surface area (Å²) in [6.07, 6.45) is 1.05. The lowest BCUT2D eigenvalue weighted by Gasteiger charge is -2.17. The topological polar surface area (TPSA) is 64.1 Å². The Labute approximate surface area is 183 Å². The first-order valence-electron chi connectivity index (χ1n) is 10.6. The second-order valence-corrected chi connectivity index (χ2v) is 7.79. The number of benzene rings is 2. The maximum absolute atomic E-state index is 13.8. The summed E-state index contributed by atoms with van der Waals surface area (Å²) in [6.45, 7) is 5.66. The molecule has 1 atom stereocenters. The molecule has 0 bridgehead atoms. The van der Waals surface area contributed by atoms with Gasteiger partial charge >= 0.3 is 0 Å². The molecule has 168 valence electrons. The molecule has 7 heteroatoms. The van der Waals surface area contributed by atoms with Crippen LogP contribution in [0.4, 0.5) is 4.39 Å². The minimum absolute atomic E-state index is 0.246. The number of nitrogens with one attached hydrogen (secondary N) is 2. The molecular weight excluding hydrogens is 397 g/mol. The molecule has 0 radical (unpaired) electrons. The largest absolute Gasteiger partial charge is 0.493 e. The Morgan fingerprint density at radius 1 is 1.16 bits per heavy atom. The quantitative estimate of drug-likeness (QED) is 0.471. The van der Waals surface area contributed by atoms with Crippen LogP contribution in [0, 0.1) is 18.7 Å². The summed E-state index contributed by atoms with van der Waals surface area (Å²) in [4.78, 5) is 4.29. The van der Waals surface area contributed by atoms with E-state index in [0.717, 1.165) is 42.1 Å². The van der Waals surface area contributed by atoms with Crippen molar-refractivity contribution >= 4 is 5.96 Å². The molecule has 1 unspecified atom stereocenters. The molecule has 3 rings (SSSR count). The van der Waals surface area contributed by atoms with Gasteiger partial charge in [-0.1, -0.05) is 18.2 Å². The number of ether oxygens (including phenoxy) is 3. The standard InChI is InChI=1S/C24H32FN3O3/c1-17-4-6-20(23(10-17)31-15-19-8-9-30-14-19)13-28-24(26-2)27-12-18-5-7-22(25)21(11-18)16-29-3/h4-7,10-11,19H,8-9,12-16H2,1-3H3,(H2,26,27,28). The molecule has 0 spiro atoms. The molecule has 31 heavy (non-hydrogen) atoms. The molecule has 2 N–H and O–H groups in total. The van der Waals surface area contributed by atoms with Crippen molar-refractivity contribution in [3.63, 3.8) is 0 Å². The van der Waals surface area contributed by atoms with Gasteiger partial charge in [0.15, 0.2) is 5.96 Å². The lowest BCUT2D eigenvalue weighted by molar-refractivity contribution is 0.166. The zero-order valence-corrected chi connectivity index (χ0v) is 18.5. The van der Waals surface area contributed by atoms with E-state index in [1.54, 1.807) is 26.3 Å². The highest BCUT2D eigenvalue weighted by atomic mass is 19.1. The molecule has 0 saturated carbocycles. The van der Waals surface area contributed by atoms with Gasteiger partial charge in [0.2, 0.25) is 0 Å². The van der Waals surface area contributed by atoms with Gasteiger partial charge in [0.25, 0.3) is 0 Å². The summed E-state index contributed by atoms with van der Waals surface area (Å²) in [6, 6.07) is 11.2. The second-order valence-electron chi connectivity index (χ2n) is 7.79. The van der Waals surface area contributed by atoms with Gasteiger partial charge in [-0.05, 0) is 42.7 Å². The van der Waals surface area contributed by atoms with Crippen molar-refractivity contribution in [3.8, 4) is 5.75 Å². The first kappa shape index (κ1) is 23.0. The number of methoxy groups -OCH3 is 1. The number of aliphatic imine (C=N–C) groups is 1. The Morgan fingerprint density at radius 2 is 2.00 bits per heavy atom. The third-order valence-electron chi connectivity index (χ3n) is 5.26. The van der Waals surface area contributed by atoms with Gasteiger partial charge in [-0.15, -0.1) is 0 Å². The molecular formula is C24H32FN3O3. The minimum Gasteiger partial charge on any atom is -0.493 e. The SMILES string of the molecule is CN=C(NCc1ccc(F)c(COC)c1)NCc1ccc(C)cc1OCC1CCOC1. The van der Waals surface area contributed by atoms with E-state index in [4.69, 9.17) is 14.2 Å². The number of guanidine groups is 1. The van der Waals surface area contributed by atoms with E-state index in [2.05, 4.69) is 40.7 Å². The molecule has 6 nitrogen and oxygen atoms in total. The minimum atomic E-state index is -0.260. The first-order valence-corrected chi connectivity index (χ1v) is 10.6. The van der Waals surface area contributed by atoms with Gasteiger partial charge in [0, 0.05) is 50.9 Å². The maximum atomic E-state index is 13.8. The molecule has 1 heterocycles. The van der Waals surface area contributed by atoms with E-state index in [1.807, 2.05) is 0 Å². The average molecular weight is 430 g/mol. The number of halogens is 1. The van der Waals surface area contributed by atoms with Crippen molar-refractivity contribution in [1.82, 2.24) is 10.6 Å². The van der Waals surface area contributed by atoms with E-state index in [0.29, 0.717) is 37.1 Å². The van der Waals surface area contributed by atoms with Gasteiger partial charge in [-0.25, -0.2) is 4.39 Å². The molecule has 0 aliphatic carbocycles. The van der Waals surface area contributed by atoms with Crippen LogP contribution in [0.5, 0.6) is 5.75 Å². The fraction of sp³-hybridized carbons (Fsp3) is 0.458. The van der Waals surface area contributed by atoms with Crippen molar-refractivity contribution in [2.24, 2.45) is 10.9 Å². The summed E-state index contributed by atoms with van der Waals surface area (Å²) < 4.78 is 30.4. The highest BCUT2D eigenvalue weighted by Crippen LogP contribution is 2.22. The predicted octanol–water partition coefficient (Wildman–Crippen LogP) is 3.56. The average Bonchev–Trinajstić information content (AvgIpc) is 3.29. The normalized spacial score (nSPS) is 16.4. The van der Waals surface area contributed by atoms with Crippen LogP contribution in [0.15, 0.2) is 41.4 Å². The summed E-state index contributed by atoms with van der Waals surface area (Å²) in [5.41, 5.74) is 3.72. The van der Waals surface area contributed by atoms with Crippen molar-refractivity contribution in [3.05, 3.63) is 64.5 Å². The Bertz CT molecular complexity index is 882. The number of nitrogens with zero attached hydrogens (tertiary/aromatic N) is 1. The van der Waals surface area contributed by atoms with Crippen molar-refractivity contribution < 1.29 is 18.6 Å². The Morgan fingerprint density at radius 3 is 2.74 bits per heavy atom. The molecule has 2 aromatic rings. The molecule has 1 saturated heterocycles. The summed E-state index contributed by atoms with van der Waals surface area (Å²) in [7, 11) is 3.28. The van der Waals surface area contributed by atoms with Crippen molar-refractivity contribution in [2.45, 2.75) is 33.0 Å². The number of hydrogen-bond donors (Lipinski definition) is 2. The third-order valence-corrected chi connectivity index (χ3v) is 5.26. The fourth-order valence-electron chi connectivity index (χ4n) is 3.45. The van der Waals surface area contributed by atoms with Crippen LogP contribution in [-0.4, -0.2) is 39.9 Å². The zero-order chi connectivity index (χ0) is 22.1. The molecule has 0 aromatic heterocycles. The van der Waals surface area contributed by atoms with Crippen LogP contribution in [0.25, 0.3) is 0 Å². The number of rotatable bonds is 9. The van der Waals surface area contributed by atoms with Crippen LogP contribution >= 0.6 is 0 Å². The van der Waals surface area contributed by atoms with Gasteiger partial charge in [-0.2, -0.15) is 0 Å². The summed E-state index contributed by atoms with van der Waals surface area (Å²) in [5, 5.41) is 6.60. The Balaban J connectivity index is 1.56. The molecule has 0 amide bonds. The van der Waals surface area contributed by atoms with E-state index >= 15 is 0 Å². The van der Waals surface area contributed by atoms with Gasteiger partial charge in [0.1, 0.15) is 11.6 Å². The van der Waals surface area contributed by atoms with E-state index < -0.39 is 0 Å². The number of hydrogen-bond acceptors (Lipinski definition) is 4. The van der Waals surface area contributed by atoms with Gasteiger partial charge in [0.05, 0.1) is 19.8 Å². The lowest BCUT2D eigenvalue weighted by atomic mass is 10.1. The maximum Gasteiger partial charge on any atom is 0.191 e.